The van der Waals surface area contributed by atoms with E-state index in [1.54, 1.807) is 36.7 Å². The topological polar surface area (TPSA) is 43.6 Å². The Kier molecular flexibility index (Phi) is 5.62. The van der Waals surface area contributed by atoms with Crippen LogP contribution in [0.5, 0.6) is 0 Å². The van der Waals surface area contributed by atoms with Crippen molar-refractivity contribution < 1.29 is 4.39 Å². The Bertz CT molecular complexity index is 1100. The molecule has 0 aliphatic carbocycles. The van der Waals surface area contributed by atoms with Gasteiger partial charge in [0.2, 0.25) is 0 Å². The first-order chi connectivity index (χ1) is 13.6. The van der Waals surface area contributed by atoms with Gasteiger partial charge in [0.05, 0.1) is 0 Å². The predicted molar refractivity (Wildman–Crippen MR) is 111 cm³/mol. The van der Waals surface area contributed by atoms with Crippen LogP contribution in [-0.2, 0) is 5.75 Å². The zero-order valence-corrected chi connectivity index (χ0v) is 16.7. The molecule has 0 bridgehead atoms. The third kappa shape index (κ3) is 4.04. The number of hydrogen-bond acceptors (Lipinski definition) is 4. The fraction of sp³-hybridized carbons (Fsp3) is 0.0500. The fourth-order valence-electron chi connectivity index (χ4n) is 2.66. The van der Waals surface area contributed by atoms with Gasteiger partial charge in [0.25, 0.3) is 0 Å². The highest BCUT2D eigenvalue weighted by Gasteiger charge is 2.17. The number of thioether (sulfide) groups is 1. The Morgan fingerprint density at radius 3 is 2.39 bits per heavy atom. The molecule has 0 fully saturated rings. The maximum Gasteiger partial charge on any atom is 0.196 e. The summed E-state index contributed by atoms with van der Waals surface area (Å²) in [6, 6.07) is 15.3. The second-order valence-electron chi connectivity index (χ2n) is 5.88. The van der Waals surface area contributed by atoms with Crippen molar-refractivity contribution in [1.82, 2.24) is 19.7 Å². The van der Waals surface area contributed by atoms with Gasteiger partial charge >= 0.3 is 0 Å². The van der Waals surface area contributed by atoms with E-state index < -0.39 is 0 Å². The van der Waals surface area contributed by atoms with Crippen LogP contribution in [0.4, 0.5) is 4.39 Å². The average Bonchev–Trinajstić information content (AvgIpc) is 3.12. The maximum absolute atomic E-state index is 13.4. The van der Waals surface area contributed by atoms with Gasteiger partial charge in [-0.2, -0.15) is 0 Å². The first-order valence-corrected chi connectivity index (χ1v) is 10.0. The van der Waals surface area contributed by atoms with Gasteiger partial charge in [-0.1, -0.05) is 41.0 Å². The molecule has 0 saturated heterocycles. The van der Waals surface area contributed by atoms with Crippen LogP contribution in [0.15, 0.2) is 72.1 Å². The van der Waals surface area contributed by atoms with Crippen molar-refractivity contribution >= 4 is 35.0 Å². The molecule has 2 aromatic heterocycles. The molecule has 2 heterocycles. The summed E-state index contributed by atoms with van der Waals surface area (Å²) in [5, 5.41) is 10.6. The number of benzene rings is 2. The smallest absolute Gasteiger partial charge is 0.196 e. The zero-order valence-electron chi connectivity index (χ0n) is 14.4. The monoisotopic (exact) mass is 430 g/mol. The molecular weight excluding hydrogens is 418 g/mol. The maximum atomic E-state index is 13.4. The lowest BCUT2D eigenvalue weighted by atomic mass is 10.2. The van der Waals surface area contributed by atoms with E-state index in [2.05, 4.69) is 15.2 Å². The molecule has 4 aromatic rings. The van der Waals surface area contributed by atoms with Crippen LogP contribution >= 0.6 is 35.0 Å². The number of hydrogen-bond donors (Lipinski definition) is 0. The summed E-state index contributed by atoms with van der Waals surface area (Å²) in [4.78, 5) is 4.05. The lowest BCUT2D eigenvalue weighted by Crippen LogP contribution is -2.00. The van der Waals surface area contributed by atoms with Gasteiger partial charge < -0.3 is 0 Å². The van der Waals surface area contributed by atoms with Gasteiger partial charge in [0.1, 0.15) is 5.82 Å². The standard InChI is InChI=1S/C20H13Cl2FN4S/c21-15-2-1-14(18(22)11-15)12-28-20-26-25-19(13-7-9-24-10-8-13)27(20)17-5-3-16(23)4-6-17/h1-11H,12H2. The first-order valence-electron chi connectivity index (χ1n) is 8.30. The second-order valence-corrected chi connectivity index (χ2v) is 7.66. The molecule has 0 atom stereocenters. The van der Waals surface area contributed by atoms with Crippen LogP contribution in [-0.4, -0.2) is 19.7 Å². The number of rotatable bonds is 5. The van der Waals surface area contributed by atoms with Gasteiger partial charge in [-0.25, -0.2) is 4.39 Å². The molecule has 4 rings (SSSR count). The van der Waals surface area contributed by atoms with E-state index >= 15 is 0 Å². The lowest BCUT2D eigenvalue weighted by molar-refractivity contribution is 0.627. The van der Waals surface area contributed by atoms with Crippen molar-refractivity contribution in [2.75, 3.05) is 0 Å². The molecule has 4 nitrogen and oxygen atoms in total. The van der Waals surface area contributed by atoms with Gasteiger partial charge in [-0.15, -0.1) is 10.2 Å². The number of pyridine rings is 1. The number of halogens is 3. The van der Waals surface area contributed by atoms with Crippen LogP contribution in [0.3, 0.4) is 0 Å². The molecule has 0 aliphatic heterocycles. The minimum Gasteiger partial charge on any atom is -0.270 e. The largest absolute Gasteiger partial charge is 0.270 e. The van der Waals surface area contributed by atoms with Gasteiger partial charge in [0, 0.05) is 39.4 Å². The summed E-state index contributed by atoms with van der Waals surface area (Å²) >= 11 is 13.7. The Balaban J connectivity index is 1.72. The van der Waals surface area contributed by atoms with E-state index in [4.69, 9.17) is 23.2 Å². The van der Waals surface area contributed by atoms with Crippen LogP contribution in [0, 0.1) is 5.82 Å². The van der Waals surface area contributed by atoms with Gasteiger partial charge in [0.15, 0.2) is 11.0 Å². The summed E-state index contributed by atoms with van der Waals surface area (Å²) in [7, 11) is 0. The van der Waals surface area contributed by atoms with Crippen molar-refractivity contribution in [2.45, 2.75) is 10.9 Å². The molecule has 2 aromatic carbocycles. The normalized spacial score (nSPS) is 11.0. The molecule has 0 unspecified atom stereocenters. The molecule has 0 saturated carbocycles. The molecule has 0 radical (unpaired) electrons. The molecule has 140 valence electrons. The lowest BCUT2D eigenvalue weighted by Gasteiger charge is -2.11. The quantitative estimate of drug-likeness (QED) is 0.360. The third-order valence-corrected chi connectivity index (χ3v) is 5.59. The summed E-state index contributed by atoms with van der Waals surface area (Å²) in [6.07, 6.45) is 3.39. The van der Waals surface area contributed by atoms with Crippen LogP contribution in [0.2, 0.25) is 10.0 Å². The van der Waals surface area contributed by atoms with E-state index in [0.717, 1.165) is 16.8 Å². The molecule has 0 aliphatic rings. The number of nitrogens with zero attached hydrogens (tertiary/aromatic N) is 4. The number of aromatic nitrogens is 4. The zero-order chi connectivity index (χ0) is 19.5. The third-order valence-electron chi connectivity index (χ3n) is 4.03. The summed E-state index contributed by atoms with van der Waals surface area (Å²) in [5.74, 6) is 0.939. The second kappa shape index (κ2) is 8.31. The fourth-order valence-corrected chi connectivity index (χ4v) is 4.17. The predicted octanol–water partition coefficient (Wildman–Crippen LogP) is 6.07. The van der Waals surface area contributed by atoms with E-state index in [-0.39, 0.29) is 5.82 Å². The van der Waals surface area contributed by atoms with E-state index in [9.17, 15) is 4.39 Å². The minimum atomic E-state index is -0.301. The average molecular weight is 431 g/mol. The van der Waals surface area contributed by atoms with Crippen molar-refractivity contribution in [3.63, 3.8) is 0 Å². The summed E-state index contributed by atoms with van der Waals surface area (Å²) < 4.78 is 15.3. The molecular formula is C20H13Cl2FN4S. The Hall–Kier alpha value is -2.41. The highest BCUT2D eigenvalue weighted by atomic mass is 35.5. The van der Waals surface area contributed by atoms with Gasteiger partial charge in [-0.3, -0.25) is 9.55 Å². The Morgan fingerprint density at radius 2 is 1.68 bits per heavy atom. The summed E-state index contributed by atoms with van der Waals surface area (Å²) in [5.41, 5.74) is 2.57. The summed E-state index contributed by atoms with van der Waals surface area (Å²) in [6.45, 7) is 0. The molecule has 0 N–H and O–H groups in total. The van der Waals surface area contributed by atoms with Gasteiger partial charge in [-0.05, 0) is 54.1 Å². The SMILES string of the molecule is Fc1ccc(-n2c(SCc3ccc(Cl)cc3Cl)nnc2-c2ccncc2)cc1. The molecule has 8 heteroatoms. The Labute approximate surface area is 175 Å². The van der Waals surface area contributed by atoms with Crippen molar-refractivity contribution in [2.24, 2.45) is 0 Å². The highest BCUT2D eigenvalue weighted by molar-refractivity contribution is 7.98. The Morgan fingerprint density at radius 1 is 0.929 bits per heavy atom. The van der Waals surface area contributed by atoms with Crippen LogP contribution in [0.25, 0.3) is 17.1 Å². The van der Waals surface area contributed by atoms with Crippen molar-refractivity contribution in [3.05, 3.63) is 88.4 Å². The van der Waals surface area contributed by atoms with E-state index in [1.807, 2.05) is 22.8 Å². The molecule has 0 amide bonds. The van der Waals surface area contributed by atoms with Crippen LogP contribution < -0.4 is 0 Å². The molecule has 0 spiro atoms. The van der Waals surface area contributed by atoms with Crippen molar-refractivity contribution in [3.8, 4) is 17.1 Å². The van der Waals surface area contributed by atoms with E-state index in [1.165, 1.54) is 23.9 Å². The first kappa shape index (κ1) is 18.9. The van der Waals surface area contributed by atoms with Crippen LogP contribution in [0.1, 0.15) is 5.56 Å². The van der Waals surface area contributed by atoms with Crippen molar-refractivity contribution in [1.29, 1.82) is 0 Å². The minimum absolute atomic E-state index is 0.301. The highest BCUT2D eigenvalue weighted by Crippen LogP contribution is 2.32. The molecule has 28 heavy (non-hydrogen) atoms. The van der Waals surface area contributed by atoms with E-state index in [0.29, 0.717) is 26.8 Å².